The first-order valence-corrected chi connectivity index (χ1v) is 6.09. The van der Waals surface area contributed by atoms with Gasteiger partial charge in [0.1, 0.15) is 11.6 Å². The zero-order chi connectivity index (χ0) is 14.0. The monoisotopic (exact) mass is 280 g/mol. The van der Waals surface area contributed by atoms with Gasteiger partial charge >= 0.3 is 0 Å². The normalized spacial score (nSPS) is 10.5. The molecule has 0 N–H and O–H groups in total. The summed E-state index contributed by atoms with van der Waals surface area (Å²) in [5.74, 6) is -1.75. The van der Waals surface area contributed by atoms with E-state index in [9.17, 15) is 13.6 Å². The number of Topliss-reactive ketones (excluding diaryl/α,β-unsaturated/α-hetero) is 1. The maximum absolute atomic E-state index is 13.5. The van der Waals surface area contributed by atoms with E-state index >= 15 is 0 Å². The SMILES string of the molecule is Cc1cc(Cl)ccc1C(=O)Cc1c(F)cccc1F. The number of carbonyl (C=O) groups is 1. The molecule has 0 atom stereocenters. The lowest BCUT2D eigenvalue weighted by atomic mass is 9.99. The lowest BCUT2D eigenvalue weighted by molar-refractivity contribution is 0.0990. The van der Waals surface area contributed by atoms with E-state index in [1.165, 1.54) is 6.07 Å². The third-order valence-corrected chi connectivity index (χ3v) is 3.12. The molecule has 19 heavy (non-hydrogen) atoms. The van der Waals surface area contributed by atoms with Crippen LogP contribution in [0.5, 0.6) is 0 Å². The summed E-state index contributed by atoms with van der Waals surface area (Å²) in [6.07, 6.45) is -0.305. The van der Waals surface area contributed by atoms with Gasteiger partial charge in [-0.1, -0.05) is 17.7 Å². The molecule has 0 bridgehead atoms. The Hall–Kier alpha value is -1.74. The van der Waals surface area contributed by atoms with Gasteiger partial charge in [-0.25, -0.2) is 8.78 Å². The van der Waals surface area contributed by atoms with Crippen LogP contribution < -0.4 is 0 Å². The molecule has 0 aliphatic rings. The predicted octanol–water partition coefficient (Wildman–Crippen LogP) is 4.35. The fourth-order valence-electron chi connectivity index (χ4n) is 1.90. The number of rotatable bonds is 3. The number of halogens is 3. The van der Waals surface area contributed by atoms with Crippen molar-refractivity contribution < 1.29 is 13.6 Å². The van der Waals surface area contributed by atoms with Crippen molar-refractivity contribution >= 4 is 17.4 Å². The predicted molar refractivity (Wildman–Crippen MR) is 70.6 cm³/mol. The fraction of sp³-hybridized carbons (Fsp3) is 0.133. The van der Waals surface area contributed by atoms with Crippen molar-refractivity contribution in [2.24, 2.45) is 0 Å². The molecule has 0 aliphatic carbocycles. The van der Waals surface area contributed by atoms with Crippen LogP contribution in [-0.4, -0.2) is 5.78 Å². The molecule has 0 unspecified atom stereocenters. The van der Waals surface area contributed by atoms with Gasteiger partial charge in [0.05, 0.1) is 0 Å². The van der Waals surface area contributed by atoms with E-state index < -0.39 is 11.6 Å². The van der Waals surface area contributed by atoms with Crippen molar-refractivity contribution in [1.82, 2.24) is 0 Å². The molecule has 0 heterocycles. The fourth-order valence-corrected chi connectivity index (χ4v) is 2.12. The highest BCUT2D eigenvalue weighted by atomic mass is 35.5. The number of ketones is 1. The Balaban J connectivity index is 2.31. The van der Waals surface area contributed by atoms with Gasteiger partial charge in [-0.15, -0.1) is 0 Å². The molecule has 1 nitrogen and oxygen atoms in total. The summed E-state index contributed by atoms with van der Waals surface area (Å²) in [7, 11) is 0. The smallest absolute Gasteiger partial charge is 0.167 e. The second-order valence-electron chi connectivity index (χ2n) is 4.26. The maximum atomic E-state index is 13.5. The summed E-state index contributed by atoms with van der Waals surface area (Å²) in [6, 6.07) is 8.34. The molecule has 0 aliphatic heterocycles. The second kappa shape index (κ2) is 5.49. The van der Waals surface area contributed by atoms with Crippen molar-refractivity contribution in [3.8, 4) is 0 Å². The van der Waals surface area contributed by atoms with Crippen LogP contribution >= 0.6 is 11.6 Å². The average Bonchev–Trinajstić information content (AvgIpc) is 2.33. The van der Waals surface area contributed by atoms with Crippen molar-refractivity contribution in [3.05, 3.63) is 69.7 Å². The minimum absolute atomic E-state index is 0.207. The van der Waals surface area contributed by atoms with Gasteiger partial charge < -0.3 is 0 Å². The minimum Gasteiger partial charge on any atom is -0.294 e. The van der Waals surface area contributed by atoms with Gasteiger partial charge in [0.15, 0.2) is 5.78 Å². The Bertz CT molecular complexity index is 618. The molecule has 2 rings (SSSR count). The Kier molecular flexibility index (Phi) is 3.96. The number of hydrogen-bond donors (Lipinski definition) is 0. The molecule has 98 valence electrons. The summed E-state index contributed by atoms with van der Waals surface area (Å²) in [6.45, 7) is 1.73. The summed E-state index contributed by atoms with van der Waals surface area (Å²) in [5.41, 5.74) is 0.906. The van der Waals surface area contributed by atoms with Crippen LogP contribution in [0.4, 0.5) is 8.78 Å². The third kappa shape index (κ3) is 2.99. The standard InChI is InChI=1S/C15H11ClF2O/c1-9-7-10(16)5-6-11(9)15(19)8-12-13(17)3-2-4-14(12)18/h2-7H,8H2,1H3. The molecule has 2 aromatic rings. The summed E-state index contributed by atoms with van der Waals surface area (Å²) >= 11 is 5.80. The number of carbonyl (C=O) groups excluding carboxylic acids is 1. The zero-order valence-electron chi connectivity index (χ0n) is 10.2. The van der Waals surface area contributed by atoms with Crippen LogP contribution in [-0.2, 0) is 6.42 Å². The van der Waals surface area contributed by atoms with E-state index in [2.05, 4.69) is 0 Å². The third-order valence-electron chi connectivity index (χ3n) is 2.89. The largest absolute Gasteiger partial charge is 0.294 e. The molecule has 2 aromatic carbocycles. The highest BCUT2D eigenvalue weighted by Gasteiger charge is 2.15. The van der Waals surface area contributed by atoms with Gasteiger partial charge in [0.2, 0.25) is 0 Å². The Morgan fingerprint density at radius 1 is 1.16 bits per heavy atom. The molecule has 0 radical (unpaired) electrons. The summed E-state index contributed by atoms with van der Waals surface area (Å²) in [5, 5.41) is 0.520. The van der Waals surface area contributed by atoms with E-state index in [4.69, 9.17) is 11.6 Å². The molecule has 0 saturated carbocycles. The molecule has 0 fully saturated rings. The highest BCUT2D eigenvalue weighted by Crippen LogP contribution is 2.19. The Morgan fingerprint density at radius 3 is 2.37 bits per heavy atom. The van der Waals surface area contributed by atoms with Gasteiger partial charge in [-0.3, -0.25) is 4.79 Å². The van der Waals surface area contributed by atoms with Gasteiger partial charge in [0.25, 0.3) is 0 Å². The first kappa shape index (κ1) is 13.7. The zero-order valence-corrected chi connectivity index (χ0v) is 11.0. The first-order valence-electron chi connectivity index (χ1n) is 5.71. The van der Waals surface area contributed by atoms with Crippen molar-refractivity contribution in [2.75, 3.05) is 0 Å². The van der Waals surface area contributed by atoms with Gasteiger partial charge in [-0.05, 0) is 42.8 Å². The molecule has 0 spiro atoms. The summed E-state index contributed by atoms with van der Waals surface area (Å²) in [4.78, 5) is 12.1. The lowest BCUT2D eigenvalue weighted by Crippen LogP contribution is -2.08. The number of hydrogen-bond acceptors (Lipinski definition) is 1. The molecule has 4 heteroatoms. The van der Waals surface area contributed by atoms with E-state index in [1.54, 1.807) is 25.1 Å². The molecule has 0 amide bonds. The minimum atomic E-state index is -0.708. The van der Waals surface area contributed by atoms with E-state index in [0.717, 1.165) is 12.1 Å². The molecular formula is C15H11ClF2O. The molecule has 0 saturated heterocycles. The van der Waals surface area contributed by atoms with Crippen LogP contribution in [0.2, 0.25) is 5.02 Å². The van der Waals surface area contributed by atoms with Crippen molar-refractivity contribution in [2.45, 2.75) is 13.3 Å². The van der Waals surface area contributed by atoms with Crippen molar-refractivity contribution in [3.63, 3.8) is 0 Å². The van der Waals surface area contributed by atoms with Gasteiger partial charge in [0, 0.05) is 22.6 Å². The van der Waals surface area contributed by atoms with E-state index in [1.807, 2.05) is 0 Å². The highest BCUT2D eigenvalue weighted by molar-refractivity contribution is 6.30. The van der Waals surface area contributed by atoms with Crippen LogP contribution in [0.3, 0.4) is 0 Å². The number of aryl methyl sites for hydroxylation is 1. The second-order valence-corrected chi connectivity index (χ2v) is 4.70. The van der Waals surface area contributed by atoms with Crippen molar-refractivity contribution in [1.29, 1.82) is 0 Å². The van der Waals surface area contributed by atoms with E-state index in [0.29, 0.717) is 16.1 Å². The topological polar surface area (TPSA) is 17.1 Å². The molecular weight excluding hydrogens is 270 g/mol. The maximum Gasteiger partial charge on any atom is 0.167 e. The first-order chi connectivity index (χ1) is 8.99. The lowest BCUT2D eigenvalue weighted by Gasteiger charge is -2.07. The van der Waals surface area contributed by atoms with Gasteiger partial charge in [-0.2, -0.15) is 0 Å². The summed E-state index contributed by atoms with van der Waals surface area (Å²) < 4.78 is 27.0. The molecule has 0 aromatic heterocycles. The Morgan fingerprint density at radius 2 is 1.79 bits per heavy atom. The Labute approximate surface area is 114 Å². The van der Waals surface area contributed by atoms with Crippen LogP contribution in [0.1, 0.15) is 21.5 Å². The van der Waals surface area contributed by atoms with Crippen LogP contribution in [0.25, 0.3) is 0 Å². The number of benzene rings is 2. The van der Waals surface area contributed by atoms with Crippen LogP contribution in [0.15, 0.2) is 36.4 Å². The van der Waals surface area contributed by atoms with Crippen LogP contribution in [0, 0.1) is 18.6 Å². The average molecular weight is 281 g/mol. The quantitative estimate of drug-likeness (QED) is 0.764. The van der Waals surface area contributed by atoms with E-state index in [-0.39, 0.29) is 17.8 Å².